The Morgan fingerprint density at radius 2 is 1.88 bits per heavy atom. The average molecular weight is 472 g/mol. The predicted molar refractivity (Wildman–Crippen MR) is 127 cm³/mol. The van der Waals surface area contributed by atoms with Crippen LogP contribution in [0.25, 0.3) is 0 Å². The Bertz CT molecular complexity index is 916. The molecular weight excluding hydrogens is 438 g/mol. The quantitative estimate of drug-likeness (QED) is 0.576. The normalized spacial score (nSPS) is 25.9. The second-order valence-electron chi connectivity index (χ2n) is 9.17. The van der Waals surface area contributed by atoms with Crippen LogP contribution in [0.15, 0.2) is 34.5 Å². The molecular formula is C24H33N5O5. The number of ether oxygens (including phenoxy) is 1. The number of oxime groups is 1. The third kappa shape index (κ3) is 5.92. The largest absolute Gasteiger partial charge is 0.480 e. The topological polar surface area (TPSA) is 116 Å². The molecule has 3 aliphatic heterocycles. The van der Waals surface area contributed by atoms with Gasteiger partial charge in [-0.3, -0.25) is 9.80 Å². The number of rotatable bonds is 7. The predicted octanol–water partition coefficient (Wildman–Crippen LogP) is 1.29. The lowest BCUT2D eigenvalue weighted by molar-refractivity contribution is -0.149. The number of amides is 1. The minimum atomic E-state index is -0.980. The van der Waals surface area contributed by atoms with Crippen LogP contribution in [0.1, 0.15) is 44.2 Å². The second-order valence-corrected chi connectivity index (χ2v) is 9.17. The van der Waals surface area contributed by atoms with Crippen molar-refractivity contribution in [3.05, 3.63) is 35.4 Å². The van der Waals surface area contributed by atoms with Gasteiger partial charge in [0.2, 0.25) is 6.10 Å². The molecule has 3 heterocycles. The molecule has 3 aliphatic rings. The number of carboxylic acids is 1. The van der Waals surface area contributed by atoms with Gasteiger partial charge in [-0.15, -0.1) is 0 Å². The molecule has 0 bridgehead atoms. The first kappa shape index (κ1) is 24.2. The monoisotopic (exact) mass is 471 g/mol. The van der Waals surface area contributed by atoms with Gasteiger partial charge in [-0.2, -0.15) is 5.10 Å². The van der Waals surface area contributed by atoms with Crippen LogP contribution in [-0.4, -0.2) is 95.9 Å². The summed E-state index contributed by atoms with van der Waals surface area (Å²) >= 11 is 0. The Morgan fingerprint density at radius 3 is 2.53 bits per heavy atom. The number of carbonyl (C=O) groups excluding carboxylic acids is 1. The molecule has 2 fully saturated rings. The Kier molecular flexibility index (Phi) is 7.79. The van der Waals surface area contributed by atoms with Crippen molar-refractivity contribution in [1.82, 2.24) is 15.2 Å². The number of aliphatic carboxylic acids is 1. The number of likely N-dealkylation sites (tertiary alicyclic amines) is 1. The zero-order chi connectivity index (χ0) is 24.1. The number of carboxylic acid groups (broad SMARTS) is 1. The van der Waals surface area contributed by atoms with Gasteiger partial charge in [0.25, 0.3) is 5.91 Å². The number of piperidine rings is 1. The maximum absolute atomic E-state index is 12.9. The molecule has 1 amide bonds. The summed E-state index contributed by atoms with van der Waals surface area (Å²) in [6.07, 6.45) is 2.80. The van der Waals surface area contributed by atoms with Crippen LogP contribution in [-0.2, 0) is 19.2 Å². The minimum Gasteiger partial charge on any atom is -0.480 e. The van der Waals surface area contributed by atoms with E-state index in [0.29, 0.717) is 44.4 Å². The number of hydrazone groups is 1. The molecule has 2 saturated heterocycles. The van der Waals surface area contributed by atoms with Crippen molar-refractivity contribution in [3.63, 3.8) is 0 Å². The number of piperazine rings is 1. The van der Waals surface area contributed by atoms with Gasteiger partial charge >= 0.3 is 5.97 Å². The first-order valence-electron chi connectivity index (χ1n) is 11.9. The van der Waals surface area contributed by atoms with Crippen molar-refractivity contribution in [2.75, 3.05) is 32.8 Å². The molecule has 3 unspecified atom stereocenters. The fraction of sp³-hybridized carbons (Fsp3) is 0.583. The van der Waals surface area contributed by atoms with E-state index in [1.54, 1.807) is 4.90 Å². The van der Waals surface area contributed by atoms with Crippen molar-refractivity contribution in [2.45, 2.75) is 57.4 Å². The van der Waals surface area contributed by atoms with Gasteiger partial charge in [0.15, 0.2) is 0 Å². The van der Waals surface area contributed by atoms with E-state index in [2.05, 4.69) is 34.4 Å². The molecule has 1 aromatic rings. The molecule has 10 nitrogen and oxygen atoms in total. The van der Waals surface area contributed by atoms with E-state index in [0.717, 1.165) is 29.9 Å². The minimum absolute atomic E-state index is 0.0848. The summed E-state index contributed by atoms with van der Waals surface area (Å²) in [5.74, 6) is -1.06. The zero-order valence-corrected chi connectivity index (χ0v) is 19.7. The second kappa shape index (κ2) is 11.0. The van der Waals surface area contributed by atoms with Crippen LogP contribution >= 0.6 is 0 Å². The maximum Gasteiger partial charge on any atom is 0.329 e. The van der Waals surface area contributed by atoms with Gasteiger partial charge in [-0.05, 0) is 37.8 Å². The Morgan fingerprint density at radius 1 is 1.21 bits per heavy atom. The summed E-state index contributed by atoms with van der Waals surface area (Å²) < 4.78 is 5.34. The zero-order valence-electron chi connectivity index (χ0n) is 19.7. The first-order valence-corrected chi connectivity index (χ1v) is 11.9. The highest BCUT2D eigenvalue weighted by Gasteiger charge is 2.34. The van der Waals surface area contributed by atoms with Crippen molar-refractivity contribution < 1.29 is 24.3 Å². The number of nitrogens with zero attached hydrogens (tertiary/aromatic N) is 4. The number of hydrogen-bond donors (Lipinski definition) is 2. The summed E-state index contributed by atoms with van der Waals surface area (Å²) in [6.45, 7) is 6.92. The van der Waals surface area contributed by atoms with Crippen LogP contribution in [0.5, 0.6) is 0 Å². The summed E-state index contributed by atoms with van der Waals surface area (Å²) in [4.78, 5) is 30.7. The number of benzene rings is 1. The van der Waals surface area contributed by atoms with Gasteiger partial charge < -0.3 is 24.9 Å². The van der Waals surface area contributed by atoms with E-state index in [1.165, 1.54) is 0 Å². The van der Waals surface area contributed by atoms with Gasteiger partial charge in [0.1, 0.15) is 6.61 Å². The van der Waals surface area contributed by atoms with Gasteiger partial charge in [0, 0.05) is 32.6 Å². The van der Waals surface area contributed by atoms with Crippen molar-refractivity contribution in [2.24, 2.45) is 10.3 Å². The Labute approximate surface area is 199 Å². The molecule has 0 radical (unpaired) electrons. The maximum atomic E-state index is 12.9. The molecule has 0 aliphatic carbocycles. The third-order valence-corrected chi connectivity index (χ3v) is 6.51. The summed E-state index contributed by atoms with van der Waals surface area (Å²) in [5.41, 5.74) is 2.69. The van der Waals surface area contributed by atoms with Crippen LogP contribution in [0.2, 0.25) is 0 Å². The lowest BCUT2D eigenvalue weighted by atomic mass is 10.0. The molecule has 184 valence electrons. The molecule has 1 aromatic carbocycles. The highest BCUT2D eigenvalue weighted by atomic mass is 16.6. The highest BCUT2D eigenvalue weighted by molar-refractivity contribution is 6.04. The van der Waals surface area contributed by atoms with E-state index in [1.807, 2.05) is 30.5 Å². The number of carbonyl (C=O) groups is 2. The van der Waals surface area contributed by atoms with E-state index in [-0.39, 0.29) is 18.6 Å². The van der Waals surface area contributed by atoms with Crippen molar-refractivity contribution in [3.8, 4) is 0 Å². The molecule has 4 rings (SSSR count). The van der Waals surface area contributed by atoms with Crippen LogP contribution in [0.4, 0.5) is 0 Å². The molecule has 0 aromatic heterocycles. The summed E-state index contributed by atoms with van der Waals surface area (Å²) in [7, 11) is 0. The molecule has 0 spiro atoms. The van der Waals surface area contributed by atoms with Crippen LogP contribution < -0.4 is 5.32 Å². The molecule has 3 atom stereocenters. The molecule has 10 heteroatoms. The fourth-order valence-corrected chi connectivity index (χ4v) is 4.56. The molecule has 2 N–H and O–H groups in total. The third-order valence-electron chi connectivity index (χ3n) is 6.51. The first-order chi connectivity index (χ1) is 16.4. The van der Waals surface area contributed by atoms with E-state index < -0.39 is 12.1 Å². The molecule has 34 heavy (non-hydrogen) atoms. The van der Waals surface area contributed by atoms with Crippen LogP contribution in [0.3, 0.4) is 0 Å². The van der Waals surface area contributed by atoms with Gasteiger partial charge in [-0.25, -0.2) is 4.79 Å². The van der Waals surface area contributed by atoms with Gasteiger partial charge in [0.05, 0.1) is 30.1 Å². The SMILES string of the molecule is CC1CNCC(C)N1/N=C/c1ccc(C2=NOC(C(=O)N3CCC(OCC(=O)O)CC3)C2)cc1. The summed E-state index contributed by atoms with van der Waals surface area (Å²) in [5, 5.41) is 23.1. The van der Waals surface area contributed by atoms with Crippen molar-refractivity contribution >= 4 is 23.8 Å². The van der Waals surface area contributed by atoms with E-state index in [9.17, 15) is 9.59 Å². The Balaban J connectivity index is 1.27. The lowest BCUT2D eigenvalue weighted by Crippen LogP contribution is -2.52. The Hall–Kier alpha value is -2.98. The standard InChI is InChI=1S/C24H33N5O5/c1-16-12-25-13-17(2)29(16)26-14-18-3-5-19(6-4-18)21-11-22(34-27-21)24(32)28-9-7-20(8-10-28)33-15-23(30)31/h3-6,14,16-17,20,22,25H,7-13,15H2,1-2H3,(H,30,31)/b26-14+. The lowest BCUT2D eigenvalue weighted by Gasteiger charge is -2.37. The van der Waals surface area contributed by atoms with Crippen LogP contribution in [0, 0.1) is 0 Å². The van der Waals surface area contributed by atoms with E-state index in [4.69, 9.17) is 14.7 Å². The van der Waals surface area contributed by atoms with Crippen molar-refractivity contribution in [1.29, 1.82) is 0 Å². The smallest absolute Gasteiger partial charge is 0.329 e. The number of nitrogens with one attached hydrogen (secondary N) is 1. The highest BCUT2D eigenvalue weighted by Crippen LogP contribution is 2.22. The fourth-order valence-electron chi connectivity index (χ4n) is 4.56. The average Bonchev–Trinajstić information content (AvgIpc) is 3.33. The van der Waals surface area contributed by atoms with E-state index >= 15 is 0 Å². The number of hydrogen-bond acceptors (Lipinski definition) is 8. The summed E-state index contributed by atoms with van der Waals surface area (Å²) in [6, 6.07) is 8.65. The van der Waals surface area contributed by atoms with Gasteiger partial charge in [-0.1, -0.05) is 29.4 Å². The molecule has 0 saturated carbocycles.